The highest BCUT2D eigenvalue weighted by Gasteiger charge is 2.26. The Hall–Kier alpha value is -3.44. The molecule has 12 nitrogen and oxygen atoms in total. The van der Waals surface area contributed by atoms with E-state index in [9.17, 15) is 33.9 Å². The van der Waals surface area contributed by atoms with Crippen LogP contribution in [0.15, 0.2) is 12.2 Å². The fraction of sp³-hybridized carbons (Fsp3) is 0.810. The zero-order valence-electron chi connectivity index (χ0n) is 33.7. The molecule has 0 rings (SSSR count). The highest BCUT2D eigenvalue weighted by molar-refractivity contribution is 5.85. The van der Waals surface area contributed by atoms with Gasteiger partial charge in [0.05, 0.1) is 6.42 Å². The van der Waals surface area contributed by atoms with E-state index in [1.54, 1.807) is 0 Å². The standard InChI is InChI=1S/C42H74N2O10/c1-3-5-7-9-11-13-15-17-19-21-23-25-27-29-37(45)43-35(41(50)51)32-34-40(49)53-54-42(52)36(31-33-39(47)48)44-38(46)30-28-26-24-22-20-18-16-14-12-10-8-6-4-2/h13,15,35-36H,3-12,14,16-34H2,1-2H3,(H,43,45)(H,44,46)(H,47,48)(H,50,51)/b15-13-. The topological polar surface area (TPSA) is 185 Å². The minimum atomic E-state index is -1.34. The summed E-state index contributed by atoms with van der Waals surface area (Å²) >= 11 is 0. The van der Waals surface area contributed by atoms with E-state index < -0.39 is 60.6 Å². The summed E-state index contributed by atoms with van der Waals surface area (Å²) in [5.41, 5.74) is 0. The molecule has 0 fully saturated rings. The Balaban J connectivity index is 4.32. The molecule has 0 saturated carbocycles. The normalized spacial score (nSPS) is 12.3. The Bertz CT molecular complexity index is 1050. The molecular weight excluding hydrogens is 692 g/mol. The van der Waals surface area contributed by atoms with Gasteiger partial charge in [-0.15, -0.1) is 0 Å². The number of aliphatic carboxylic acids is 2. The maximum Gasteiger partial charge on any atom is 0.377 e. The molecule has 12 heteroatoms. The van der Waals surface area contributed by atoms with Gasteiger partial charge < -0.3 is 20.8 Å². The first-order chi connectivity index (χ1) is 26.1. The highest BCUT2D eigenvalue weighted by Crippen LogP contribution is 2.14. The van der Waals surface area contributed by atoms with Crippen molar-refractivity contribution in [2.75, 3.05) is 0 Å². The van der Waals surface area contributed by atoms with Gasteiger partial charge in [-0.05, 0) is 51.4 Å². The maximum atomic E-state index is 12.6. The molecule has 0 aromatic heterocycles. The Morgan fingerprint density at radius 1 is 0.481 bits per heavy atom. The van der Waals surface area contributed by atoms with Crippen molar-refractivity contribution in [3.8, 4) is 0 Å². The lowest BCUT2D eigenvalue weighted by Crippen LogP contribution is -2.42. The molecule has 54 heavy (non-hydrogen) atoms. The average Bonchev–Trinajstić information content (AvgIpc) is 3.14. The van der Waals surface area contributed by atoms with Crippen molar-refractivity contribution in [1.29, 1.82) is 0 Å². The van der Waals surface area contributed by atoms with Crippen molar-refractivity contribution in [2.24, 2.45) is 0 Å². The second kappa shape index (κ2) is 36.5. The molecule has 0 aliphatic heterocycles. The lowest BCUT2D eigenvalue weighted by molar-refractivity contribution is -0.260. The van der Waals surface area contributed by atoms with Crippen molar-refractivity contribution < 1.29 is 48.8 Å². The van der Waals surface area contributed by atoms with E-state index in [4.69, 9.17) is 5.11 Å². The molecule has 0 radical (unpaired) electrons. The molecule has 4 N–H and O–H groups in total. The molecule has 312 valence electrons. The van der Waals surface area contributed by atoms with Crippen molar-refractivity contribution >= 4 is 35.7 Å². The Labute approximate surface area is 325 Å². The van der Waals surface area contributed by atoms with Crippen LogP contribution in [-0.2, 0) is 38.5 Å². The zero-order chi connectivity index (χ0) is 40.1. The molecular formula is C42H74N2O10. The molecule has 2 atom stereocenters. The second-order valence-electron chi connectivity index (χ2n) is 14.5. The minimum absolute atomic E-state index is 0.161. The molecule has 0 heterocycles. The van der Waals surface area contributed by atoms with Crippen molar-refractivity contribution in [2.45, 2.75) is 219 Å². The molecule has 0 aliphatic rings. The van der Waals surface area contributed by atoms with Crippen LogP contribution in [0, 0.1) is 0 Å². The first-order valence-corrected chi connectivity index (χ1v) is 21.2. The van der Waals surface area contributed by atoms with Crippen LogP contribution in [0.25, 0.3) is 0 Å². The molecule has 0 aromatic rings. The van der Waals surface area contributed by atoms with E-state index >= 15 is 0 Å². The number of unbranched alkanes of at least 4 members (excludes halogenated alkanes) is 21. The summed E-state index contributed by atoms with van der Waals surface area (Å²) in [6.45, 7) is 4.43. The smallest absolute Gasteiger partial charge is 0.377 e. The largest absolute Gasteiger partial charge is 0.481 e. The summed E-state index contributed by atoms with van der Waals surface area (Å²) in [5.74, 6) is -5.54. The van der Waals surface area contributed by atoms with Gasteiger partial charge in [0.1, 0.15) is 12.1 Å². The zero-order valence-corrected chi connectivity index (χ0v) is 33.7. The van der Waals surface area contributed by atoms with E-state index in [1.165, 1.54) is 83.5 Å². The van der Waals surface area contributed by atoms with E-state index in [1.807, 2.05) is 0 Å². The molecule has 0 aliphatic carbocycles. The average molecular weight is 767 g/mol. The van der Waals surface area contributed by atoms with Gasteiger partial charge in [0.25, 0.3) is 0 Å². The lowest BCUT2D eigenvalue weighted by Gasteiger charge is -2.16. The quantitative estimate of drug-likeness (QED) is 0.0205. The number of carbonyl (C=O) groups is 6. The summed E-state index contributed by atoms with van der Waals surface area (Å²) in [7, 11) is 0. The van der Waals surface area contributed by atoms with E-state index in [0.29, 0.717) is 12.8 Å². The van der Waals surface area contributed by atoms with Crippen LogP contribution in [-0.4, -0.2) is 58.0 Å². The number of hydrogen-bond acceptors (Lipinski definition) is 8. The number of nitrogens with one attached hydrogen (secondary N) is 2. The fourth-order valence-corrected chi connectivity index (χ4v) is 6.06. The van der Waals surface area contributed by atoms with Crippen LogP contribution in [0.5, 0.6) is 0 Å². The molecule has 0 bridgehead atoms. The predicted molar refractivity (Wildman–Crippen MR) is 210 cm³/mol. The third-order valence-corrected chi connectivity index (χ3v) is 9.43. The van der Waals surface area contributed by atoms with Gasteiger partial charge in [-0.1, -0.05) is 142 Å². The SMILES string of the molecule is CCCCCC/C=C\CCCCCCCC(=O)NC(CCC(=O)OOC(=O)C(CCC(=O)O)NC(=O)CCCCCCCCCCCCCCC)C(=O)O. The number of allylic oxidation sites excluding steroid dienone is 2. The summed E-state index contributed by atoms with van der Waals surface area (Å²) in [6.07, 6.45) is 30.4. The van der Waals surface area contributed by atoms with E-state index in [0.717, 1.165) is 57.8 Å². The van der Waals surface area contributed by atoms with Gasteiger partial charge in [-0.3, -0.25) is 14.4 Å². The molecule has 0 spiro atoms. The highest BCUT2D eigenvalue weighted by atomic mass is 17.2. The van der Waals surface area contributed by atoms with E-state index in [2.05, 4.69) is 46.4 Å². The van der Waals surface area contributed by atoms with Crippen molar-refractivity contribution in [3.63, 3.8) is 0 Å². The van der Waals surface area contributed by atoms with Gasteiger partial charge in [-0.2, -0.15) is 0 Å². The van der Waals surface area contributed by atoms with Crippen molar-refractivity contribution in [3.05, 3.63) is 12.2 Å². The van der Waals surface area contributed by atoms with Gasteiger partial charge in [0, 0.05) is 19.3 Å². The minimum Gasteiger partial charge on any atom is -0.481 e. The first-order valence-electron chi connectivity index (χ1n) is 21.2. The van der Waals surface area contributed by atoms with Crippen LogP contribution < -0.4 is 10.6 Å². The summed E-state index contributed by atoms with van der Waals surface area (Å²) in [4.78, 5) is 81.6. The van der Waals surface area contributed by atoms with Crippen LogP contribution >= 0.6 is 0 Å². The second-order valence-corrected chi connectivity index (χ2v) is 14.5. The molecule has 0 aromatic carbocycles. The Kier molecular flexibility index (Phi) is 34.2. The predicted octanol–water partition coefficient (Wildman–Crippen LogP) is 9.43. The van der Waals surface area contributed by atoms with Crippen LogP contribution in [0.2, 0.25) is 0 Å². The number of amides is 2. The first kappa shape index (κ1) is 50.6. The number of carboxylic acid groups (broad SMARTS) is 2. The summed E-state index contributed by atoms with van der Waals surface area (Å²) < 4.78 is 0. The van der Waals surface area contributed by atoms with Crippen LogP contribution in [0.1, 0.15) is 206 Å². The number of rotatable bonds is 37. The monoisotopic (exact) mass is 767 g/mol. The van der Waals surface area contributed by atoms with Gasteiger partial charge in [0.2, 0.25) is 11.8 Å². The third-order valence-electron chi connectivity index (χ3n) is 9.43. The van der Waals surface area contributed by atoms with E-state index in [-0.39, 0.29) is 25.7 Å². The molecule has 2 amide bonds. The maximum absolute atomic E-state index is 12.6. The van der Waals surface area contributed by atoms with Crippen LogP contribution in [0.3, 0.4) is 0 Å². The van der Waals surface area contributed by atoms with Gasteiger partial charge in [-0.25, -0.2) is 24.2 Å². The van der Waals surface area contributed by atoms with Gasteiger partial charge >= 0.3 is 23.9 Å². The summed E-state index contributed by atoms with van der Waals surface area (Å²) in [5, 5.41) is 23.5. The Morgan fingerprint density at radius 3 is 1.31 bits per heavy atom. The molecule has 2 unspecified atom stereocenters. The van der Waals surface area contributed by atoms with Gasteiger partial charge in [0.15, 0.2) is 0 Å². The number of hydrogen-bond donors (Lipinski definition) is 4. The van der Waals surface area contributed by atoms with Crippen molar-refractivity contribution in [1.82, 2.24) is 10.6 Å². The summed E-state index contributed by atoms with van der Waals surface area (Å²) in [6, 6.07) is -2.67. The fourth-order valence-electron chi connectivity index (χ4n) is 6.06. The number of carbonyl (C=O) groups excluding carboxylic acids is 4. The van der Waals surface area contributed by atoms with Crippen LogP contribution in [0.4, 0.5) is 0 Å². The number of carboxylic acids is 2. The molecule has 0 saturated heterocycles. The lowest BCUT2D eigenvalue weighted by atomic mass is 10.0. The Morgan fingerprint density at radius 2 is 0.870 bits per heavy atom. The third kappa shape index (κ3) is 33.2.